The third kappa shape index (κ3) is 3.57. The van der Waals surface area contributed by atoms with Crippen molar-refractivity contribution in [1.82, 2.24) is 0 Å². The molecule has 0 amide bonds. The van der Waals surface area contributed by atoms with E-state index in [0.29, 0.717) is 6.61 Å². The molecule has 0 saturated carbocycles. The maximum Gasteiger partial charge on any atom is 0.160 e. The molecule has 1 radical (unpaired) electrons. The molecule has 13 heavy (non-hydrogen) atoms. The van der Waals surface area contributed by atoms with Gasteiger partial charge in [-0.1, -0.05) is 44.2 Å². The monoisotopic (exact) mass is 179 g/mol. The number of aliphatic hydroxyl groups is 1. The van der Waals surface area contributed by atoms with E-state index in [-0.39, 0.29) is 0 Å². The van der Waals surface area contributed by atoms with Crippen LogP contribution in [0, 0.1) is 5.92 Å². The summed E-state index contributed by atoms with van der Waals surface area (Å²) >= 11 is 0. The first-order chi connectivity index (χ1) is 6.20. The Morgan fingerprint density at radius 3 is 2.46 bits per heavy atom. The van der Waals surface area contributed by atoms with Gasteiger partial charge in [0.15, 0.2) is 6.29 Å². The van der Waals surface area contributed by atoms with Crippen molar-refractivity contribution in [2.75, 3.05) is 0 Å². The lowest BCUT2D eigenvalue weighted by Gasteiger charge is -2.14. The molecule has 0 spiro atoms. The number of aliphatic hydroxyl groups excluding tert-OH is 1. The van der Waals surface area contributed by atoms with Crippen molar-refractivity contribution in [3.05, 3.63) is 41.8 Å². The van der Waals surface area contributed by atoms with Crippen molar-refractivity contribution < 1.29 is 9.84 Å². The molecule has 0 aliphatic rings. The second kappa shape index (κ2) is 5.00. The van der Waals surface area contributed by atoms with E-state index in [0.717, 1.165) is 11.5 Å². The van der Waals surface area contributed by atoms with Crippen LogP contribution in [0.2, 0.25) is 0 Å². The fraction of sp³-hybridized carbons (Fsp3) is 0.364. The lowest BCUT2D eigenvalue weighted by Crippen LogP contribution is -2.16. The number of ether oxygens (including phenoxy) is 1. The highest BCUT2D eigenvalue weighted by atomic mass is 16.6. The Kier molecular flexibility index (Phi) is 3.93. The van der Waals surface area contributed by atoms with Crippen LogP contribution in [-0.2, 0) is 11.3 Å². The smallest absolute Gasteiger partial charge is 0.160 e. The summed E-state index contributed by atoms with van der Waals surface area (Å²) in [6, 6.07) is 9.80. The molecule has 1 aromatic carbocycles. The molecule has 1 rings (SSSR count). The minimum atomic E-state index is -0.750. The molecule has 1 unspecified atom stereocenters. The predicted octanol–water partition coefficient (Wildman–Crippen LogP) is 2.14. The molecule has 1 N–H and O–H groups in total. The highest BCUT2D eigenvalue weighted by Crippen LogP contribution is 2.08. The summed E-state index contributed by atoms with van der Waals surface area (Å²) in [6.45, 7) is 4.14. The molecule has 0 saturated heterocycles. The summed E-state index contributed by atoms with van der Waals surface area (Å²) < 4.78 is 5.21. The van der Waals surface area contributed by atoms with Crippen LogP contribution in [0.1, 0.15) is 19.4 Å². The van der Waals surface area contributed by atoms with Crippen molar-refractivity contribution in [3.63, 3.8) is 0 Å². The summed E-state index contributed by atoms with van der Waals surface area (Å²) in [4.78, 5) is 0. The van der Waals surface area contributed by atoms with Crippen LogP contribution >= 0.6 is 0 Å². The van der Waals surface area contributed by atoms with E-state index >= 15 is 0 Å². The first kappa shape index (κ1) is 10.2. The van der Waals surface area contributed by atoms with Crippen LogP contribution in [0.15, 0.2) is 30.3 Å². The molecule has 2 nitrogen and oxygen atoms in total. The average Bonchev–Trinajstić information content (AvgIpc) is 2.15. The SMILES string of the molecule is C[C](C)C(O)OCc1ccccc1. The Balaban J connectivity index is 2.35. The first-order valence-corrected chi connectivity index (χ1v) is 4.34. The highest BCUT2D eigenvalue weighted by Gasteiger charge is 2.09. The van der Waals surface area contributed by atoms with Gasteiger partial charge in [0.05, 0.1) is 6.61 Å². The molecule has 2 heteroatoms. The third-order valence-corrected chi connectivity index (χ3v) is 1.74. The Morgan fingerprint density at radius 2 is 1.92 bits per heavy atom. The zero-order valence-electron chi connectivity index (χ0n) is 8.03. The van der Waals surface area contributed by atoms with Crippen molar-refractivity contribution in [1.29, 1.82) is 0 Å². The summed E-state index contributed by atoms with van der Waals surface area (Å²) in [5, 5.41) is 9.33. The molecule has 0 heterocycles. The van der Waals surface area contributed by atoms with E-state index in [4.69, 9.17) is 4.74 Å². The molecular formula is C11H15O2. The van der Waals surface area contributed by atoms with Crippen LogP contribution in [0.4, 0.5) is 0 Å². The van der Waals surface area contributed by atoms with Gasteiger partial charge in [0.2, 0.25) is 0 Å². The van der Waals surface area contributed by atoms with E-state index in [1.165, 1.54) is 0 Å². The summed E-state index contributed by atoms with van der Waals surface area (Å²) in [5.41, 5.74) is 1.07. The zero-order chi connectivity index (χ0) is 9.68. The third-order valence-electron chi connectivity index (χ3n) is 1.74. The van der Waals surface area contributed by atoms with Gasteiger partial charge in [-0.3, -0.25) is 0 Å². The van der Waals surface area contributed by atoms with Crippen molar-refractivity contribution in [3.8, 4) is 0 Å². The first-order valence-electron chi connectivity index (χ1n) is 4.34. The van der Waals surface area contributed by atoms with Gasteiger partial charge in [-0.15, -0.1) is 0 Å². The second-order valence-electron chi connectivity index (χ2n) is 3.23. The van der Waals surface area contributed by atoms with E-state index in [2.05, 4.69) is 0 Å². The molecule has 71 valence electrons. The van der Waals surface area contributed by atoms with E-state index < -0.39 is 6.29 Å². The standard InChI is InChI=1S/C11H15O2/c1-9(2)11(12)13-8-10-6-4-3-5-7-10/h3-7,11-12H,8H2,1-2H3. The van der Waals surface area contributed by atoms with Crippen LogP contribution in [0.5, 0.6) is 0 Å². The maximum atomic E-state index is 9.33. The summed E-state index contributed by atoms with van der Waals surface area (Å²) in [5.74, 6) is 0.871. The lowest BCUT2D eigenvalue weighted by atomic mass is 10.2. The van der Waals surface area contributed by atoms with Gasteiger partial charge >= 0.3 is 0 Å². The molecular weight excluding hydrogens is 164 g/mol. The topological polar surface area (TPSA) is 29.5 Å². The van der Waals surface area contributed by atoms with Gasteiger partial charge in [-0.25, -0.2) is 0 Å². The number of hydrogen-bond acceptors (Lipinski definition) is 2. The molecule has 0 aliphatic carbocycles. The molecule has 0 aromatic heterocycles. The van der Waals surface area contributed by atoms with Gasteiger partial charge in [0, 0.05) is 5.92 Å². The van der Waals surface area contributed by atoms with E-state index in [1.54, 1.807) is 0 Å². The largest absolute Gasteiger partial charge is 0.367 e. The fourth-order valence-electron chi connectivity index (χ4n) is 0.916. The normalized spacial score (nSPS) is 13.2. The summed E-state index contributed by atoms with van der Waals surface area (Å²) in [6.07, 6.45) is -0.750. The van der Waals surface area contributed by atoms with E-state index in [9.17, 15) is 5.11 Å². The molecule has 1 atom stereocenters. The number of benzene rings is 1. The van der Waals surface area contributed by atoms with Gasteiger partial charge < -0.3 is 9.84 Å². The van der Waals surface area contributed by atoms with Crippen molar-refractivity contribution >= 4 is 0 Å². The van der Waals surface area contributed by atoms with E-state index in [1.807, 2.05) is 44.2 Å². The average molecular weight is 179 g/mol. The predicted molar refractivity (Wildman–Crippen MR) is 51.8 cm³/mol. The van der Waals surface area contributed by atoms with Crippen molar-refractivity contribution in [2.24, 2.45) is 0 Å². The zero-order valence-corrected chi connectivity index (χ0v) is 8.03. The molecule has 0 fully saturated rings. The minimum absolute atomic E-state index is 0.452. The Labute approximate surface area is 79.2 Å². The minimum Gasteiger partial charge on any atom is -0.367 e. The molecule has 1 aromatic rings. The fourth-order valence-corrected chi connectivity index (χ4v) is 0.916. The highest BCUT2D eigenvalue weighted by molar-refractivity contribution is 5.13. The van der Waals surface area contributed by atoms with Gasteiger partial charge in [0.25, 0.3) is 0 Å². The summed E-state index contributed by atoms with van der Waals surface area (Å²) in [7, 11) is 0. The Morgan fingerprint density at radius 1 is 1.31 bits per heavy atom. The van der Waals surface area contributed by atoms with Crippen LogP contribution in [-0.4, -0.2) is 11.4 Å². The van der Waals surface area contributed by atoms with Crippen molar-refractivity contribution in [2.45, 2.75) is 26.7 Å². The van der Waals surface area contributed by atoms with Crippen LogP contribution in [0.25, 0.3) is 0 Å². The molecule has 0 bridgehead atoms. The number of rotatable bonds is 4. The second-order valence-corrected chi connectivity index (χ2v) is 3.23. The van der Waals surface area contributed by atoms with Crippen LogP contribution in [0.3, 0.4) is 0 Å². The Hall–Kier alpha value is -0.860. The quantitative estimate of drug-likeness (QED) is 0.717. The van der Waals surface area contributed by atoms with Gasteiger partial charge in [-0.05, 0) is 5.56 Å². The maximum absolute atomic E-state index is 9.33. The van der Waals surface area contributed by atoms with Gasteiger partial charge in [-0.2, -0.15) is 0 Å². The van der Waals surface area contributed by atoms with Gasteiger partial charge in [0.1, 0.15) is 0 Å². The van der Waals surface area contributed by atoms with Crippen LogP contribution < -0.4 is 0 Å². The number of hydrogen-bond donors (Lipinski definition) is 1. The lowest BCUT2D eigenvalue weighted by molar-refractivity contribution is -0.0950. The Bertz CT molecular complexity index is 231. The molecule has 0 aliphatic heterocycles.